The molecule has 6 nitrogen and oxygen atoms in total. The Labute approximate surface area is 212 Å². The van der Waals surface area contributed by atoms with Gasteiger partial charge in [0.15, 0.2) is 0 Å². The predicted molar refractivity (Wildman–Crippen MR) is 143 cm³/mol. The second kappa shape index (κ2) is 11.6. The minimum absolute atomic E-state index is 0.0520. The first-order chi connectivity index (χ1) is 16.5. The molecule has 2 aromatic rings. The highest BCUT2D eigenvalue weighted by Crippen LogP contribution is 2.37. The van der Waals surface area contributed by atoms with E-state index < -0.39 is 0 Å². The molecule has 0 saturated heterocycles. The van der Waals surface area contributed by atoms with Crippen molar-refractivity contribution in [1.29, 1.82) is 0 Å². The molecule has 0 spiro atoms. The summed E-state index contributed by atoms with van der Waals surface area (Å²) in [6.07, 6.45) is 0.434. The Bertz CT molecular complexity index is 1120. The Balaban J connectivity index is 1.89. The fourth-order valence-electron chi connectivity index (χ4n) is 3.72. The summed E-state index contributed by atoms with van der Waals surface area (Å²) in [6.45, 7) is 12.6. The van der Waals surface area contributed by atoms with Crippen LogP contribution in [0.2, 0.25) is 0 Å². The first-order valence-electron chi connectivity index (χ1n) is 12.1. The van der Waals surface area contributed by atoms with Gasteiger partial charge in [0.1, 0.15) is 10.6 Å². The third-order valence-electron chi connectivity index (χ3n) is 5.45. The van der Waals surface area contributed by atoms with Crippen LogP contribution >= 0.6 is 11.8 Å². The molecule has 1 heterocycles. The van der Waals surface area contributed by atoms with Gasteiger partial charge in [0, 0.05) is 29.2 Å². The number of carbonyl (C=O) groups is 3. The van der Waals surface area contributed by atoms with Gasteiger partial charge in [0.2, 0.25) is 5.91 Å². The maximum Gasteiger partial charge on any atom is 0.278 e. The van der Waals surface area contributed by atoms with Crippen molar-refractivity contribution in [2.24, 2.45) is 11.8 Å². The molecule has 0 fully saturated rings. The lowest BCUT2D eigenvalue weighted by Gasteiger charge is -2.17. The summed E-state index contributed by atoms with van der Waals surface area (Å²) in [6, 6.07) is 15.3. The van der Waals surface area contributed by atoms with Gasteiger partial charge < -0.3 is 10.6 Å². The maximum atomic E-state index is 13.3. The van der Waals surface area contributed by atoms with Gasteiger partial charge in [-0.1, -0.05) is 71.5 Å². The van der Waals surface area contributed by atoms with Crippen molar-refractivity contribution in [3.8, 4) is 0 Å². The van der Waals surface area contributed by atoms with E-state index in [1.165, 1.54) is 22.2 Å². The number of thioether (sulfide) groups is 1. The topological polar surface area (TPSA) is 78.5 Å². The summed E-state index contributed by atoms with van der Waals surface area (Å²) in [5.74, 6) is 0.140. The normalized spacial score (nSPS) is 14.0. The molecule has 1 aliphatic rings. The molecule has 0 atom stereocenters. The second-order valence-electron chi connectivity index (χ2n) is 10.00. The molecular weight excluding hydrogens is 458 g/mol. The van der Waals surface area contributed by atoms with Crippen LogP contribution in [0.15, 0.2) is 64.0 Å². The third kappa shape index (κ3) is 6.98. The van der Waals surface area contributed by atoms with E-state index in [4.69, 9.17) is 0 Å². The quantitative estimate of drug-likeness (QED) is 0.383. The number of hydrogen-bond acceptors (Lipinski definition) is 5. The van der Waals surface area contributed by atoms with Gasteiger partial charge in [0.25, 0.3) is 11.8 Å². The Kier molecular flexibility index (Phi) is 8.78. The van der Waals surface area contributed by atoms with Crippen LogP contribution in [0.5, 0.6) is 0 Å². The summed E-state index contributed by atoms with van der Waals surface area (Å²) in [7, 11) is 0. The third-order valence-corrected chi connectivity index (χ3v) is 6.52. The van der Waals surface area contributed by atoms with Crippen molar-refractivity contribution >= 4 is 40.9 Å². The number of hydrogen-bond donors (Lipinski definition) is 2. The maximum absolute atomic E-state index is 13.3. The van der Waals surface area contributed by atoms with Gasteiger partial charge in [-0.05, 0) is 53.6 Å². The number of rotatable bonds is 10. The van der Waals surface area contributed by atoms with Crippen LogP contribution in [0.4, 0.5) is 11.4 Å². The molecule has 0 bridgehead atoms. The van der Waals surface area contributed by atoms with Crippen LogP contribution in [0.3, 0.4) is 0 Å². The standard InChI is InChI=1S/C28H35N3O3S/c1-17(2)14-24(32)29-22-8-7-9-23(15-22)35-26-25(27(33)31(28(26)34)16-18(3)4)30-21-12-10-20(11-13-21)19(5)6/h7-13,15,17-19,30H,14,16H2,1-6H3,(H,29,32). The number of nitrogens with zero attached hydrogens (tertiary/aromatic N) is 1. The first kappa shape index (κ1) is 26.5. The molecular formula is C28H35N3O3S. The molecule has 3 amide bonds. The molecule has 0 unspecified atom stereocenters. The molecule has 186 valence electrons. The number of amides is 3. The lowest BCUT2D eigenvalue weighted by atomic mass is 10.0. The summed E-state index contributed by atoms with van der Waals surface area (Å²) in [5.41, 5.74) is 2.90. The van der Waals surface area contributed by atoms with Crippen molar-refractivity contribution in [2.75, 3.05) is 17.2 Å². The zero-order chi connectivity index (χ0) is 25.7. The van der Waals surface area contributed by atoms with Crippen LogP contribution in [0, 0.1) is 11.8 Å². The molecule has 3 rings (SSSR count). The van der Waals surface area contributed by atoms with E-state index in [2.05, 4.69) is 24.5 Å². The van der Waals surface area contributed by atoms with Gasteiger partial charge in [-0.25, -0.2) is 0 Å². The molecule has 0 radical (unpaired) electrons. The van der Waals surface area contributed by atoms with Gasteiger partial charge in [-0.3, -0.25) is 19.3 Å². The average molecular weight is 494 g/mol. The number of carbonyl (C=O) groups excluding carboxylic acids is 3. The molecule has 1 aliphatic heterocycles. The van der Waals surface area contributed by atoms with E-state index in [-0.39, 0.29) is 35.3 Å². The number of imide groups is 1. The van der Waals surface area contributed by atoms with Crippen molar-refractivity contribution in [3.63, 3.8) is 0 Å². The number of benzene rings is 2. The van der Waals surface area contributed by atoms with E-state index in [0.29, 0.717) is 29.5 Å². The summed E-state index contributed by atoms with van der Waals surface area (Å²) >= 11 is 1.24. The Morgan fingerprint density at radius 2 is 1.57 bits per heavy atom. The average Bonchev–Trinajstić information content (AvgIpc) is 2.98. The summed E-state index contributed by atoms with van der Waals surface area (Å²) < 4.78 is 0. The van der Waals surface area contributed by atoms with Gasteiger partial charge in [0.05, 0.1) is 0 Å². The van der Waals surface area contributed by atoms with Gasteiger partial charge in [-0.2, -0.15) is 0 Å². The van der Waals surface area contributed by atoms with Crippen molar-refractivity contribution in [2.45, 2.75) is 58.8 Å². The van der Waals surface area contributed by atoms with Gasteiger partial charge in [-0.15, -0.1) is 0 Å². The number of anilines is 2. The molecule has 0 aliphatic carbocycles. The van der Waals surface area contributed by atoms with E-state index in [1.807, 2.05) is 76.2 Å². The SMILES string of the molecule is CC(C)CC(=O)Nc1cccc(SC2=C(Nc3ccc(C(C)C)cc3)C(=O)N(CC(C)C)C2=O)c1. The first-order valence-corrected chi connectivity index (χ1v) is 12.9. The van der Waals surface area contributed by atoms with Gasteiger partial charge >= 0.3 is 0 Å². The fraction of sp³-hybridized carbons (Fsp3) is 0.393. The monoisotopic (exact) mass is 493 g/mol. The summed E-state index contributed by atoms with van der Waals surface area (Å²) in [4.78, 5) is 41.2. The highest BCUT2D eigenvalue weighted by molar-refractivity contribution is 8.04. The minimum Gasteiger partial charge on any atom is -0.350 e. The molecule has 7 heteroatoms. The van der Waals surface area contributed by atoms with Crippen LogP contribution in [-0.4, -0.2) is 29.2 Å². The van der Waals surface area contributed by atoms with Crippen LogP contribution in [-0.2, 0) is 14.4 Å². The Morgan fingerprint density at radius 1 is 0.886 bits per heavy atom. The lowest BCUT2D eigenvalue weighted by Crippen LogP contribution is -2.35. The molecule has 0 aromatic heterocycles. The highest BCUT2D eigenvalue weighted by atomic mass is 32.2. The van der Waals surface area contributed by atoms with Crippen molar-refractivity contribution < 1.29 is 14.4 Å². The fourth-order valence-corrected chi connectivity index (χ4v) is 4.73. The molecule has 2 aromatic carbocycles. The lowest BCUT2D eigenvalue weighted by molar-refractivity contribution is -0.137. The summed E-state index contributed by atoms with van der Waals surface area (Å²) in [5, 5.41) is 6.12. The number of nitrogens with one attached hydrogen (secondary N) is 2. The van der Waals surface area contributed by atoms with E-state index >= 15 is 0 Å². The van der Waals surface area contributed by atoms with E-state index in [1.54, 1.807) is 0 Å². The Hall–Kier alpha value is -3.06. The van der Waals surface area contributed by atoms with Crippen LogP contribution in [0.1, 0.15) is 59.4 Å². The second-order valence-corrected chi connectivity index (χ2v) is 11.1. The van der Waals surface area contributed by atoms with E-state index in [0.717, 1.165) is 10.6 Å². The zero-order valence-corrected chi connectivity index (χ0v) is 22.2. The molecule has 0 saturated carbocycles. The smallest absolute Gasteiger partial charge is 0.278 e. The highest BCUT2D eigenvalue weighted by Gasteiger charge is 2.39. The van der Waals surface area contributed by atoms with Crippen LogP contribution < -0.4 is 10.6 Å². The molecule has 2 N–H and O–H groups in total. The van der Waals surface area contributed by atoms with Crippen molar-refractivity contribution in [1.82, 2.24) is 4.90 Å². The van der Waals surface area contributed by atoms with Crippen LogP contribution in [0.25, 0.3) is 0 Å². The molecule has 35 heavy (non-hydrogen) atoms. The predicted octanol–water partition coefficient (Wildman–Crippen LogP) is 6.24. The van der Waals surface area contributed by atoms with E-state index in [9.17, 15) is 14.4 Å². The largest absolute Gasteiger partial charge is 0.350 e. The van der Waals surface area contributed by atoms with Crippen molar-refractivity contribution in [3.05, 3.63) is 64.7 Å². The Morgan fingerprint density at radius 3 is 2.17 bits per heavy atom. The zero-order valence-electron chi connectivity index (χ0n) is 21.3. The minimum atomic E-state index is -0.319.